The number of rotatable bonds is 8. The van der Waals surface area contributed by atoms with E-state index in [9.17, 15) is 9.59 Å². The van der Waals surface area contributed by atoms with Gasteiger partial charge < -0.3 is 20.3 Å². The fraction of sp³-hybridized carbons (Fsp3) is 0.704. The lowest BCUT2D eigenvalue weighted by molar-refractivity contribution is -0.126. The third-order valence-corrected chi connectivity index (χ3v) is 6.94. The van der Waals surface area contributed by atoms with Crippen molar-refractivity contribution in [1.82, 2.24) is 15.5 Å². The van der Waals surface area contributed by atoms with Crippen molar-refractivity contribution in [1.29, 1.82) is 0 Å². The molecule has 6 heteroatoms. The molecule has 2 fully saturated rings. The second-order valence-corrected chi connectivity index (χ2v) is 10.8. The van der Waals surface area contributed by atoms with Crippen LogP contribution >= 0.6 is 0 Å². The van der Waals surface area contributed by atoms with Crippen LogP contribution in [0.15, 0.2) is 30.3 Å². The van der Waals surface area contributed by atoms with Gasteiger partial charge in [-0.3, -0.25) is 4.79 Å². The molecule has 0 spiro atoms. The van der Waals surface area contributed by atoms with Crippen LogP contribution in [0, 0.1) is 11.8 Å². The van der Waals surface area contributed by atoms with Crippen LogP contribution in [-0.2, 0) is 16.0 Å². The van der Waals surface area contributed by atoms with Gasteiger partial charge in [-0.25, -0.2) is 4.79 Å². The minimum absolute atomic E-state index is 0.0606. The number of piperidine rings is 1. The maximum atomic E-state index is 12.6. The molecule has 0 radical (unpaired) electrons. The topological polar surface area (TPSA) is 70.7 Å². The Bertz CT molecular complexity index is 731. The second kappa shape index (κ2) is 12.4. The summed E-state index contributed by atoms with van der Waals surface area (Å²) in [6.45, 7) is 9.52. The van der Waals surface area contributed by atoms with Gasteiger partial charge in [0, 0.05) is 25.0 Å². The Morgan fingerprint density at radius 2 is 1.67 bits per heavy atom. The van der Waals surface area contributed by atoms with Crippen LogP contribution in [0.25, 0.3) is 0 Å². The minimum Gasteiger partial charge on any atom is -0.444 e. The summed E-state index contributed by atoms with van der Waals surface area (Å²) in [5.41, 5.74) is 0.954. The second-order valence-electron chi connectivity index (χ2n) is 10.8. The van der Waals surface area contributed by atoms with Crippen molar-refractivity contribution in [2.45, 2.75) is 83.8 Å². The molecule has 0 atom stereocenters. The van der Waals surface area contributed by atoms with Crippen LogP contribution in [0.1, 0.15) is 71.3 Å². The van der Waals surface area contributed by atoms with Gasteiger partial charge in [-0.15, -0.1) is 0 Å². The number of ether oxygens (including phenoxy) is 1. The van der Waals surface area contributed by atoms with E-state index in [4.69, 9.17) is 4.74 Å². The zero-order chi connectivity index (χ0) is 23.7. The number of hydrogen-bond donors (Lipinski definition) is 2. The van der Waals surface area contributed by atoms with Gasteiger partial charge in [0.05, 0.1) is 0 Å². The van der Waals surface area contributed by atoms with Crippen molar-refractivity contribution in [3.63, 3.8) is 0 Å². The van der Waals surface area contributed by atoms with Crippen molar-refractivity contribution in [2.24, 2.45) is 11.8 Å². The highest BCUT2D eigenvalue weighted by Crippen LogP contribution is 2.25. The molecule has 1 saturated heterocycles. The van der Waals surface area contributed by atoms with Crippen molar-refractivity contribution >= 4 is 12.0 Å². The molecule has 2 N–H and O–H groups in total. The van der Waals surface area contributed by atoms with E-state index < -0.39 is 5.60 Å². The van der Waals surface area contributed by atoms with Gasteiger partial charge in [0.2, 0.25) is 5.91 Å². The van der Waals surface area contributed by atoms with E-state index in [1.54, 1.807) is 0 Å². The Labute approximate surface area is 199 Å². The summed E-state index contributed by atoms with van der Waals surface area (Å²) < 4.78 is 5.33. The smallest absolute Gasteiger partial charge is 0.407 e. The molecule has 1 saturated carbocycles. The van der Waals surface area contributed by atoms with Crippen LogP contribution in [0.2, 0.25) is 0 Å². The SMILES string of the molecule is CC(C)(C)OC(=O)NC1CCC(C(=O)NCCN2CCC(CCc3ccccc3)CC2)CC1. The van der Waals surface area contributed by atoms with E-state index in [0.717, 1.165) is 57.8 Å². The average Bonchev–Trinajstić information content (AvgIpc) is 2.78. The quantitative estimate of drug-likeness (QED) is 0.602. The molecule has 1 aromatic rings. The summed E-state index contributed by atoms with van der Waals surface area (Å²) in [6.07, 6.45) is 7.90. The molecule has 1 aliphatic carbocycles. The first-order valence-corrected chi connectivity index (χ1v) is 12.8. The largest absolute Gasteiger partial charge is 0.444 e. The lowest BCUT2D eigenvalue weighted by Crippen LogP contribution is -2.44. The third kappa shape index (κ3) is 9.36. The lowest BCUT2D eigenvalue weighted by Gasteiger charge is -2.32. The van der Waals surface area contributed by atoms with Crippen molar-refractivity contribution in [3.8, 4) is 0 Å². The first kappa shape index (κ1) is 25.5. The van der Waals surface area contributed by atoms with Gasteiger partial charge >= 0.3 is 6.09 Å². The Hall–Kier alpha value is -2.08. The number of carbonyl (C=O) groups excluding carboxylic acids is 2. The van der Waals surface area contributed by atoms with Crippen LogP contribution in [0.3, 0.4) is 0 Å². The first-order chi connectivity index (χ1) is 15.8. The van der Waals surface area contributed by atoms with Crippen molar-refractivity contribution < 1.29 is 14.3 Å². The molecule has 184 valence electrons. The van der Waals surface area contributed by atoms with Crippen molar-refractivity contribution in [2.75, 3.05) is 26.2 Å². The fourth-order valence-electron chi connectivity index (χ4n) is 4.97. The van der Waals surface area contributed by atoms with Gasteiger partial charge in [0.25, 0.3) is 0 Å². The number of nitrogens with zero attached hydrogens (tertiary/aromatic N) is 1. The molecule has 0 aromatic heterocycles. The van der Waals surface area contributed by atoms with Crippen molar-refractivity contribution in [3.05, 3.63) is 35.9 Å². The molecule has 1 aromatic carbocycles. The summed E-state index contributed by atoms with van der Waals surface area (Å²) in [4.78, 5) is 27.0. The zero-order valence-corrected chi connectivity index (χ0v) is 20.8. The van der Waals surface area contributed by atoms with E-state index in [-0.39, 0.29) is 24.0 Å². The summed E-state index contributed by atoms with van der Waals surface area (Å²) in [7, 11) is 0. The molecule has 2 amide bonds. The number of alkyl carbamates (subject to hydrolysis) is 1. The first-order valence-electron chi connectivity index (χ1n) is 12.8. The summed E-state index contributed by atoms with van der Waals surface area (Å²) in [5, 5.41) is 6.09. The highest BCUT2D eigenvalue weighted by Gasteiger charge is 2.28. The number of carbonyl (C=O) groups is 2. The van der Waals surface area contributed by atoms with E-state index in [0.29, 0.717) is 0 Å². The van der Waals surface area contributed by atoms with Gasteiger partial charge in [-0.2, -0.15) is 0 Å². The number of hydrogen-bond acceptors (Lipinski definition) is 4. The van der Waals surface area contributed by atoms with E-state index in [2.05, 4.69) is 45.9 Å². The molecule has 2 aliphatic rings. The zero-order valence-electron chi connectivity index (χ0n) is 20.8. The summed E-state index contributed by atoms with van der Waals surface area (Å²) in [6, 6.07) is 10.9. The fourth-order valence-corrected chi connectivity index (χ4v) is 4.97. The normalized spacial score (nSPS) is 22.5. The Kier molecular flexibility index (Phi) is 9.60. The minimum atomic E-state index is -0.487. The van der Waals surface area contributed by atoms with E-state index in [1.807, 2.05) is 20.8 Å². The maximum absolute atomic E-state index is 12.6. The summed E-state index contributed by atoms with van der Waals surface area (Å²) >= 11 is 0. The highest BCUT2D eigenvalue weighted by molar-refractivity contribution is 5.78. The molecule has 1 heterocycles. The van der Waals surface area contributed by atoms with E-state index >= 15 is 0 Å². The summed E-state index contributed by atoms with van der Waals surface area (Å²) in [5.74, 6) is 1.05. The van der Waals surface area contributed by atoms with Crippen LogP contribution in [0.5, 0.6) is 0 Å². The van der Waals surface area contributed by atoms with Crippen LogP contribution < -0.4 is 10.6 Å². The molecular weight excluding hydrogens is 414 g/mol. The average molecular weight is 458 g/mol. The Balaban J connectivity index is 1.24. The Morgan fingerprint density at radius 1 is 1.00 bits per heavy atom. The number of benzene rings is 1. The predicted octanol–water partition coefficient (Wildman–Crippen LogP) is 4.53. The van der Waals surface area contributed by atoms with Crippen LogP contribution in [-0.4, -0.2) is 54.7 Å². The Morgan fingerprint density at radius 3 is 2.30 bits per heavy atom. The van der Waals surface area contributed by atoms with Gasteiger partial charge in [0.1, 0.15) is 5.60 Å². The van der Waals surface area contributed by atoms with Gasteiger partial charge in [-0.05, 0) is 96.7 Å². The molecule has 33 heavy (non-hydrogen) atoms. The molecule has 6 nitrogen and oxygen atoms in total. The van der Waals surface area contributed by atoms with Crippen LogP contribution in [0.4, 0.5) is 4.79 Å². The number of amides is 2. The highest BCUT2D eigenvalue weighted by atomic mass is 16.6. The monoisotopic (exact) mass is 457 g/mol. The third-order valence-electron chi connectivity index (χ3n) is 6.94. The molecular formula is C27H43N3O3. The molecule has 1 aliphatic heterocycles. The maximum Gasteiger partial charge on any atom is 0.407 e. The number of aryl methyl sites for hydroxylation is 1. The van der Waals surface area contributed by atoms with Gasteiger partial charge in [-0.1, -0.05) is 30.3 Å². The van der Waals surface area contributed by atoms with E-state index in [1.165, 1.54) is 31.2 Å². The molecule has 3 rings (SSSR count). The number of nitrogens with one attached hydrogen (secondary N) is 2. The predicted molar refractivity (Wildman–Crippen MR) is 132 cm³/mol. The number of likely N-dealkylation sites (tertiary alicyclic amines) is 1. The molecule has 0 bridgehead atoms. The molecule has 0 unspecified atom stereocenters. The van der Waals surface area contributed by atoms with Gasteiger partial charge in [0.15, 0.2) is 0 Å². The standard InChI is InChI=1S/C27H43N3O3/c1-27(2,3)33-26(32)29-24-13-11-23(12-14-24)25(31)28-17-20-30-18-15-22(16-19-30)10-9-21-7-5-4-6-8-21/h4-8,22-24H,9-20H2,1-3H3,(H,28,31)(H,29,32). The lowest BCUT2D eigenvalue weighted by atomic mass is 9.85.